The van der Waals surface area contributed by atoms with Crippen LogP contribution in [0.1, 0.15) is 128 Å². The zero-order valence-electron chi connectivity index (χ0n) is 17.8. The van der Waals surface area contributed by atoms with Crippen molar-refractivity contribution in [1.82, 2.24) is 0 Å². The summed E-state index contributed by atoms with van der Waals surface area (Å²) in [6.45, 7) is 0. The average Bonchev–Trinajstić information content (AvgIpc) is 2.72. The van der Waals surface area contributed by atoms with Crippen molar-refractivity contribution < 1.29 is 17.4 Å². The van der Waals surface area contributed by atoms with Gasteiger partial charge >= 0.3 is 17.4 Å². The Labute approximate surface area is 180 Å². The molecule has 0 aromatic heterocycles. The van der Waals surface area contributed by atoms with E-state index in [1.807, 2.05) is 0 Å². The van der Waals surface area contributed by atoms with E-state index in [1.165, 1.54) is 128 Å². The standard InChI is InChI=1S/2C12H22N.Cr/c2*1-3-7-11(8-4-1)13-12-9-5-2-6-10-12;/h2*11-12H,1-10H2;/q2*-1;+2. The van der Waals surface area contributed by atoms with Gasteiger partial charge in [-0.05, 0) is 0 Å². The Balaban J connectivity index is 0.000000187. The normalized spacial score (nSPS) is 26.7. The molecule has 0 saturated heterocycles. The Bertz CT molecular complexity index is 272. The second-order valence-corrected chi connectivity index (χ2v) is 9.47. The molecule has 0 heterocycles. The fourth-order valence-electron chi connectivity index (χ4n) is 5.52. The average molecular weight is 413 g/mol. The first-order chi connectivity index (χ1) is 12.9. The van der Waals surface area contributed by atoms with Crippen molar-refractivity contribution in [3.8, 4) is 0 Å². The van der Waals surface area contributed by atoms with Gasteiger partial charge < -0.3 is 10.6 Å². The van der Waals surface area contributed by atoms with Gasteiger partial charge in [-0.15, -0.1) is 24.2 Å². The first-order valence-electron chi connectivity index (χ1n) is 12.3. The molecular formula is C24H44CrN2. The van der Waals surface area contributed by atoms with Gasteiger partial charge in [-0.1, -0.05) is 128 Å². The van der Waals surface area contributed by atoms with E-state index < -0.39 is 0 Å². The Morgan fingerprint density at radius 2 is 0.481 bits per heavy atom. The fraction of sp³-hybridized carbons (Fsp3) is 1.00. The van der Waals surface area contributed by atoms with Crippen LogP contribution in [0.25, 0.3) is 10.6 Å². The zero-order valence-corrected chi connectivity index (χ0v) is 19.0. The minimum atomic E-state index is 0. The van der Waals surface area contributed by atoms with Crippen molar-refractivity contribution in [3.05, 3.63) is 10.6 Å². The van der Waals surface area contributed by atoms with Crippen LogP contribution in [0.4, 0.5) is 0 Å². The molecular weight excluding hydrogens is 368 g/mol. The molecule has 0 atom stereocenters. The van der Waals surface area contributed by atoms with Crippen LogP contribution < -0.4 is 0 Å². The number of hydrogen-bond donors (Lipinski definition) is 0. The van der Waals surface area contributed by atoms with Crippen LogP contribution in [-0.2, 0) is 17.4 Å². The van der Waals surface area contributed by atoms with Crippen LogP contribution in [0.3, 0.4) is 0 Å². The van der Waals surface area contributed by atoms with Gasteiger partial charge in [0.25, 0.3) is 0 Å². The molecule has 156 valence electrons. The molecule has 27 heavy (non-hydrogen) atoms. The largest absolute Gasteiger partial charge is 2.00 e. The van der Waals surface area contributed by atoms with Crippen molar-refractivity contribution in [2.45, 2.75) is 153 Å². The van der Waals surface area contributed by atoms with Gasteiger partial charge in [0, 0.05) is 0 Å². The van der Waals surface area contributed by atoms with Gasteiger partial charge in [-0.2, -0.15) is 0 Å². The second kappa shape index (κ2) is 14.4. The smallest absolute Gasteiger partial charge is 0.657 e. The molecule has 3 heteroatoms. The molecule has 0 aromatic rings. The van der Waals surface area contributed by atoms with Crippen molar-refractivity contribution >= 4 is 0 Å². The summed E-state index contributed by atoms with van der Waals surface area (Å²) in [6, 6.07) is 2.99. The molecule has 0 aliphatic heterocycles. The molecule has 0 amide bonds. The maximum Gasteiger partial charge on any atom is 2.00 e. The van der Waals surface area contributed by atoms with Gasteiger partial charge in [-0.25, -0.2) is 0 Å². The Kier molecular flexibility index (Phi) is 12.7. The SMILES string of the molecule is C1CCC([N-]C2CCCCC2)CC1.C1CCC([N-]C2CCCCC2)CC1.[Cr+2]. The zero-order chi connectivity index (χ0) is 17.9. The maximum atomic E-state index is 5.00. The van der Waals surface area contributed by atoms with E-state index in [2.05, 4.69) is 0 Å². The molecule has 2 nitrogen and oxygen atoms in total. The molecule has 0 N–H and O–H groups in total. The van der Waals surface area contributed by atoms with Gasteiger partial charge in [0.2, 0.25) is 0 Å². The predicted octanol–water partition coefficient (Wildman–Crippen LogP) is 8.05. The van der Waals surface area contributed by atoms with E-state index in [0.29, 0.717) is 0 Å². The van der Waals surface area contributed by atoms with Crippen molar-refractivity contribution in [2.24, 2.45) is 0 Å². The molecule has 0 spiro atoms. The van der Waals surface area contributed by atoms with Crippen LogP contribution in [0.15, 0.2) is 0 Å². The topological polar surface area (TPSA) is 28.2 Å². The molecule has 4 aliphatic carbocycles. The summed E-state index contributed by atoms with van der Waals surface area (Å²) in [5.74, 6) is 0. The van der Waals surface area contributed by atoms with Gasteiger partial charge in [0.05, 0.1) is 0 Å². The fourth-order valence-corrected chi connectivity index (χ4v) is 5.52. The van der Waals surface area contributed by atoms with Crippen LogP contribution in [0.2, 0.25) is 0 Å². The van der Waals surface area contributed by atoms with E-state index in [-0.39, 0.29) is 17.4 Å². The van der Waals surface area contributed by atoms with Gasteiger partial charge in [0.15, 0.2) is 0 Å². The van der Waals surface area contributed by atoms with Crippen LogP contribution >= 0.6 is 0 Å². The second-order valence-electron chi connectivity index (χ2n) is 9.47. The van der Waals surface area contributed by atoms with Crippen molar-refractivity contribution in [2.75, 3.05) is 0 Å². The predicted molar refractivity (Wildman–Crippen MR) is 114 cm³/mol. The summed E-state index contributed by atoms with van der Waals surface area (Å²) in [7, 11) is 0. The van der Waals surface area contributed by atoms with E-state index in [1.54, 1.807) is 0 Å². The first kappa shape index (κ1) is 23.7. The summed E-state index contributed by atoms with van der Waals surface area (Å²) in [5, 5.41) is 9.99. The Morgan fingerprint density at radius 3 is 0.667 bits per heavy atom. The number of hydrogen-bond acceptors (Lipinski definition) is 0. The third-order valence-electron chi connectivity index (χ3n) is 7.14. The van der Waals surface area contributed by atoms with Crippen molar-refractivity contribution in [1.29, 1.82) is 0 Å². The summed E-state index contributed by atoms with van der Waals surface area (Å²) < 4.78 is 0. The van der Waals surface area contributed by atoms with Crippen LogP contribution in [0.5, 0.6) is 0 Å². The van der Waals surface area contributed by atoms with E-state index >= 15 is 0 Å². The third kappa shape index (κ3) is 9.67. The molecule has 0 unspecified atom stereocenters. The van der Waals surface area contributed by atoms with Crippen molar-refractivity contribution in [3.63, 3.8) is 0 Å². The molecule has 0 bridgehead atoms. The summed E-state index contributed by atoms with van der Waals surface area (Å²) >= 11 is 0. The van der Waals surface area contributed by atoms with Gasteiger partial charge in [0.1, 0.15) is 0 Å². The summed E-state index contributed by atoms with van der Waals surface area (Å²) in [4.78, 5) is 0. The summed E-state index contributed by atoms with van der Waals surface area (Å²) in [6.07, 6.45) is 28.4. The van der Waals surface area contributed by atoms with E-state index in [4.69, 9.17) is 10.6 Å². The molecule has 4 rings (SSSR count). The number of nitrogens with zero attached hydrogens (tertiary/aromatic N) is 2. The number of rotatable bonds is 4. The Hall–Kier alpha value is 0.452. The van der Waals surface area contributed by atoms with Crippen LogP contribution in [0, 0.1) is 0 Å². The molecule has 0 aromatic carbocycles. The third-order valence-corrected chi connectivity index (χ3v) is 7.14. The first-order valence-corrected chi connectivity index (χ1v) is 12.3. The monoisotopic (exact) mass is 412 g/mol. The maximum absolute atomic E-state index is 5.00. The molecule has 4 aliphatic rings. The van der Waals surface area contributed by atoms with Crippen LogP contribution in [-0.4, -0.2) is 24.2 Å². The van der Waals surface area contributed by atoms with Gasteiger partial charge in [-0.3, -0.25) is 0 Å². The molecule has 0 radical (unpaired) electrons. The quantitative estimate of drug-likeness (QED) is 0.447. The molecule has 4 fully saturated rings. The molecule has 4 saturated carbocycles. The van der Waals surface area contributed by atoms with E-state index in [0.717, 1.165) is 24.2 Å². The minimum absolute atomic E-state index is 0. The summed E-state index contributed by atoms with van der Waals surface area (Å²) in [5.41, 5.74) is 0. The Morgan fingerprint density at radius 1 is 0.296 bits per heavy atom. The van der Waals surface area contributed by atoms with E-state index in [9.17, 15) is 0 Å². The minimum Gasteiger partial charge on any atom is -0.657 e.